The third kappa shape index (κ3) is 31.4. The topological polar surface area (TPSA) is 279 Å². The van der Waals surface area contributed by atoms with Crippen LogP contribution in [0.2, 0.25) is 0 Å². The number of nitrogens with one attached hydrogen (secondary N) is 2. The number of carboxylic acid groups (broad SMARTS) is 1. The van der Waals surface area contributed by atoms with Gasteiger partial charge in [0.25, 0.3) is 0 Å². The Morgan fingerprint density at radius 1 is 0.354 bits per heavy atom. The molecule has 2 aliphatic rings. The average molecular weight is 1170 g/mol. The summed E-state index contributed by atoms with van der Waals surface area (Å²) in [6.45, 7) is 32.4. The number of aliphatic carboxylic acids is 1. The summed E-state index contributed by atoms with van der Waals surface area (Å²) in [7, 11) is 0. The van der Waals surface area contributed by atoms with Gasteiger partial charge >= 0.3 is 42.5 Å². The van der Waals surface area contributed by atoms with Crippen LogP contribution in [0.3, 0.4) is 0 Å². The molecule has 3 N–H and O–H groups in total. The van der Waals surface area contributed by atoms with Crippen LogP contribution in [0.15, 0.2) is 0 Å². The van der Waals surface area contributed by atoms with Crippen molar-refractivity contribution < 1.29 is 76.7 Å². The Kier molecular flexibility index (Phi) is 27.7. The number of carbonyl (C=O) groups excluding carboxylic acids is 8. The number of unbranched alkanes of at least 4 members (excludes halogenated alkanes) is 1. The highest BCUT2D eigenvalue weighted by molar-refractivity contribution is 5.84. The number of hydrogen-bond donors (Lipinski definition) is 3. The van der Waals surface area contributed by atoms with Crippen LogP contribution in [0.25, 0.3) is 0 Å². The lowest BCUT2D eigenvalue weighted by Crippen LogP contribution is -2.52. The molecule has 2 rings (SSSR count). The lowest BCUT2D eigenvalue weighted by molar-refractivity contribution is -0.142. The van der Waals surface area contributed by atoms with Gasteiger partial charge in [0.05, 0.1) is 13.1 Å². The van der Waals surface area contributed by atoms with E-state index in [0.717, 1.165) is 0 Å². The van der Waals surface area contributed by atoms with Crippen molar-refractivity contribution in [2.45, 2.75) is 184 Å². The van der Waals surface area contributed by atoms with Crippen LogP contribution in [0.4, 0.5) is 28.8 Å². The van der Waals surface area contributed by atoms with Gasteiger partial charge in [0.2, 0.25) is 11.8 Å². The molecule has 26 nitrogen and oxygen atoms in total. The molecule has 8 amide bonds. The maximum Gasteiger partial charge on any atom is 0.410 e. The first kappa shape index (κ1) is 72.1. The van der Waals surface area contributed by atoms with Crippen molar-refractivity contribution in [2.24, 2.45) is 0 Å². The largest absolute Gasteiger partial charge is 0.480 e. The fraction of sp³-hybridized carbons (Fsp3) is 0.839. The minimum Gasteiger partial charge on any atom is -0.480 e. The van der Waals surface area contributed by atoms with Crippen LogP contribution in [-0.4, -0.2) is 263 Å². The van der Waals surface area contributed by atoms with Crippen LogP contribution >= 0.6 is 0 Å². The zero-order chi connectivity index (χ0) is 62.6. The molecule has 2 fully saturated rings. The molecule has 0 saturated carbocycles. The van der Waals surface area contributed by atoms with Crippen LogP contribution in [0.1, 0.15) is 144 Å². The van der Waals surface area contributed by atoms with Gasteiger partial charge in [0.15, 0.2) is 0 Å². The molecular formula is C56H102N10O16. The van der Waals surface area contributed by atoms with E-state index in [1.165, 1.54) is 29.4 Å². The number of rotatable bonds is 11. The molecule has 0 bridgehead atoms. The van der Waals surface area contributed by atoms with Gasteiger partial charge in [-0.3, -0.25) is 19.4 Å². The maximum atomic E-state index is 13.7. The van der Waals surface area contributed by atoms with E-state index < -0.39 is 88.1 Å². The zero-order valence-electron chi connectivity index (χ0n) is 52.8. The minimum absolute atomic E-state index is 0.0302. The number of amides is 8. The molecule has 0 aromatic rings. The summed E-state index contributed by atoms with van der Waals surface area (Å²) in [5, 5.41) is 15.7. The number of ether oxygens (including phenoxy) is 6. The normalized spacial score (nSPS) is 17.3. The Labute approximate surface area is 487 Å². The molecule has 26 heteroatoms. The standard InChI is InChI=1S/C56H102N10O16/c1-51(2,3)77-45(71)61-27-23-59(24-28-62(46(72)78-52(4,5)6)32-36-65(35-31-61)49(75)81-55(13,14)15)39-42(67)57-22-20-19-21-41(44(69)70)58-43(68)40-60-25-29-63(47(73)79-53(7,8)9)33-37-66(50(76)82-56(16,17)18)38-34-64(30-26-60)48(74)80-54(10,11)12/h41H,19-40H2,1-18H3,(H,57,67)(H,58,68)(H,69,70)/t41-/m0/s1. The van der Waals surface area contributed by atoms with E-state index in [-0.39, 0.29) is 137 Å². The predicted octanol–water partition coefficient (Wildman–Crippen LogP) is 5.90. The van der Waals surface area contributed by atoms with Crippen LogP contribution in [0.5, 0.6) is 0 Å². The summed E-state index contributed by atoms with van der Waals surface area (Å²) in [4.78, 5) is 133. The molecule has 0 aromatic carbocycles. The smallest absolute Gasteiger partial charge is 0.410 e. The Morgan fingerprint density at radius 3 is 0.793 bits per heavy atom. The number of carboxylic acids is 1. The van der Waals surface area contributed by atoms with Crippen molar-refractivity contribution >= 4 is 54.3 Å². The second kappa shape index (κ2) is 31.6. The molecule has 0 spiro atoms. The van der Waals surface area contributed by atoms with E-state index in [9.17, 15) is 48.3 Å². The lowest BCUT2D eigenvalue weighted by Gasteiger charge is -2.35. The fourth-order valence-electron chi connectivity index (χ4n) is 7.94. The molecule has 82 heavy (non-hydrogen) atoms. The van der Waals surface area contributed by atoms with Crippen molar-refractivity contribution in [3.8, 4) is 0 Å². The van der Waals surface area contributed by atoms with Crippen LogP contribution < -0.4 is 10.6 Å². The van der Waals surface area contributed by atoms with Gasteiger partial charge in [-0.25, -0.2) is 33.6 Å². The molecule has 2 aliphatic heterocycles. The lowest BCUT2D eigenvalue weighted by atomic mass is 10.1. The first-order valence-corrected chi connectivity index (χ1v) is 28.6. The van der Waals surface area contributed by atoms with Gasteiger partial charge in [-0.15, -0.1) is 0 Å². The molecule has 2 heterocycles. The summed E-state index contributed by atoms with van der Waals surface area (Å²) in [5.41, 5.74) is -4.95. The first-order valence-electron chi connectivity index (χ1n) is 28.6. The summed E-state index contributed by atoms with van der Waals surface area (Å²) in [6, 6.07) is -1.29. The molecule has 0 aliphatic carbocycles. The van der Waals surface area contributed by atoms with Gasteiger partial charge in [-0.1, -0.05) is 0 Å². The third-order valence-electron chi connectivity index (χ3n) is 11.8. The Bertz CT molecular complexity index is 2030. The van der Waals surface area contributed by atoms with Gasteiger partial charge in [-0.05, 0) is 144 Å². The fourth-order valence-corrected chi connectivity index (χ4v) is 7.94. The van der Waals surface area contributed by atoms with Crippen molar-refractivity contribution in [1.29, 1.82) is 0 Å². The van der Waals surface area contributed by atoms with Crippen molar-refractivity contribution in [1.82, 2.24) is 49.8 Å². The minimum atomic E-state index is -1.29. The van der Waals surface area contributed by atoms with Crippen LogP contribution in [0, 0.1) is 0 Å². The monoisotopic (exact) mass is 1170 g/mol. The second-order valence-corrected chi connectivity index (χ2v) is 26.7. The second-order valence-electron chi connectivity index (χ2n) is 26.7. The average Bonchev–Trinajstić information content (AvgIpc) is 3.27. The highest BCUT2D eigenvalue weighted by Gasteiger charge is 2.33. The predicted molar refractivity (Wildman–Crippen MR) is 306 cm³/mol. The third-order valence-corrected chi connectivity index (χ3v) is 11.8. The Morgan fingerprint density at radius 2 is 0.573 bits per heavy atom. The molecule has 0 aromatic heterocycles. The SMILES string of the molecule is CC(C)(C)OC(=O)N1CCN(CC(=O)NCCCC[C@H](NC(=O)CN2CCN(C(=O)OC(C)(C)C)CCN(C(=O)OC(C)(C)C)CCN(C(=O)OC(C)(C)C)CC2)C(=O)O)CCN(C(=O)OC(C)(C)C)CCN(C(=O)OC(C)(C)C)CC1. The molecule has 2 saturated heterocycles. The molecule has 472 valence electrons. The summed E-state index contributed by atoms with van der Waals surface area (Å²) < 4.78 is 34.2. The molecule has 1 atom stereocenters. The van der Waals surface area contributed by atoms with Crippen molar-refractivity contribution in [2.75, 3.05) is 124 Å². The van der Waals surface area contributed by atoms with E-state index >= 15 is 0 Å². The number of carbonyl (C=O) groups is 9. The van der Waals surface area contributed by atoms with E-state index in [1.54, 1.807) is 134 Å². The summed E-state index contributed by atoms with van der Waals surface area (Å²) >= 11 is 0. The highest BCUT2D eigenvalue weighted by Crippen LogP contribution is 2.18. The van der Waals surface area contributed by atoms with Crippen molar-refractivity contribution in [3.63, 3.8) is 0 Å². The van der Waals surface area contributed by atoms with Gasteiger partial charge in [-0.2, -0.15) is 0 Å². The van der Waals surface area contributed by atoms with Crippen LogP contribution in [-0.2, 0) is 42.8 Å². The maximum absolute atomic E-state index is 13.7. The van der Waals surface area contributed by atoms with E-state index in [2.05, 4.69) is 10.6 Å². The van der Waals surface area contributed by atoms with Gasteiger partial charge in [0.1, 0.15) is 39.6 Å². The molecular weight excluding hydrogens is 1070 g/mol. The van der Waals surface area contributed by atoms with E-state index in [4.69, 9.17) is 28.4 Å². The van der Waals surface area contributed by atoms with E-state index in [1.807, 2.05) is 0 Å². The Hall–Kier alpha value is -6.05. The summed E-state index contributed by atoms with van der Waals surface area (Å²) in [6.07, 6.45) is -3.04. The number of nitrogens with zero attached hydrogens (tertiary/aromatic N) is 8. The first-order chi connectivity index (χ1) is 37.5. The van der Waals surface area contributed by atoms with Gasteiger partial charge in [0, 0.05) is 111 Å². The molecule has 0 radical (unpaired) electrons. The highest BCUT2D eigenvalue weighted by atomic mass is 16.6. The van der Waals surface area contributed by atoms with Gasteiger partial charge < -0.3 is 73.6 Å². The van der Waals surface area contributed by atoms with E-state index in [0.29, 0.717) is 12.8 Å². The molecule has 0 unspecified atom stereocenters. The zero-order valence-corrected chi connectivity index (χ0v) is 52.8. The van der Waals surface area contributed by atoms with Crippen molar-refractivity contribution in [3.05, 3.63) is 0 Å². The summed E-state index contributed by atoms with van der Waals surface area (Å²) in [5.74, 6) is -2.24. The quantitative estimate of drug-likeness (QED) is 0.160. The Balaban J connectivity index is 2.23. The number of hydrogen-bond acceptors (Lipinski definition) is 17.